The molecule has 172 valence electrons. The number of anilines is 2. The molecule has 0 amide bonds. The lowest BCUT2D eigenvalue weighted by molar-refractivity contribution is 0.359. The molecule has 1 atom stereocenters. The van der Waals surface area contributed by atoms with Crippen molar-refractivity contribution < 1.29 is 0 Å². The number of aryl methyl sites for hydroxylation is 1. The lowest BCUT2D eigenvalue weighted by Crippen LogP contribution is -2.26. The number of benzene rings is 3. The van der Waals surface area contributed by atoms with Crippen LogP contribution in [0.4, 0.5) is 11.4 Å². The van der Waals surface area contributed by atoms with Gasteiger partial charge < -0.3 is 14.7 Å². The highest BCUT2D eigenvalue weighted by atomic mass is 15.1. The fourth-order valence-electron chi connectivity index (χ4n) is 5.73. The SMILES string of the molecule is CN1CCCCc2ccc(CN3C=Cc4ccc(C5C=Cc6ccccc6N5C)cc4C3)cc21. The molecule has 3 aliphatic rings. The molecular weight excluding hydrogens is 414 g/mol. The Bertz CT molecular complexity index is 1270. The minimum atomic E-state index is 0.264. The van der Waals surface area contributed by atoms with Gasteiger partial charge in [0.15, 0.2) is 0 Å². The summed E-state index contributed by atoms with van der Waals surface area (Å²) in [5.41, 5.74) is 11.0. The highest BCUT2D eigenvalue weighted by molar-refractivity contribution is 5.73. The standard InChI is InChI=1S/C31H33N3/c1-32-17-6-5-8-26-11-10-23(19-31(26)32)21-34-18-16-24-12-13-27(20-28(24)22-34)30-15-14-25-7-3-4-9-29(25)33(30)2/h3-4,7,9-16,18-20,30H,5-6,8,17,21-22H2,1-2H3. The molecule has 0 aromatic heterocycles. The van der Waals surface area contributed by atoms with Gasteiger partial charge in [-0.05, 0) is 70.9 Å². The second kappa shape index (κ2) is 8.72. The van der Waals surface area contributed by atoms with Gasteiger partial charge in [-0.1, -0.05) is 60.7 Å². The quantitative estimate of drug-likeness (QED) is 0.445. The number of likely N-dealkylation sites (N-methyl/N-ethyl adjacent to an activating group) is 1. The number of hydrogen-bond donors (Lipinski definition) is 0. The number of fused-ring (bicyclic) bond motifs is 3. The molecule has 0 aliphatic carbocycles. The summed E-state index contributed by atoms with van der Waals surface area (Å²) in [4.78, 5) is 7.27. The molecule has 0 bridgehead atoms. The van der Waals surface area contributed by atoms with E-state index < -0.39 is 0 Å². The fourth-order valence-corrected chi connectivity index (χ4v) is 5.73. The van der Waals surface area contributed by atoms with Crippen LogP contribution in [0.5, 0.6) is 0 Å². The van der Waals surface area contributed by atoms with Gasteiger partial charge in [0.1, 0.15) is 0 Å². The average Bonchev–Trinajstić information content (AvgIpc) is 3.05. The Kier molecular flexibility index (Phi) is 5.41. The number of para-hydroxylation sites is 1. The molecule has 0 radical (unpaired) electrons. The van der Waals surface area contributed by atoms with Gasteiger partial charge in [0, 0.05) is 51.3 Å². The predicted octanol–water partition coefficient (Wildman–Crippen LogP) is 6.65. The zero-order chi connectivity index (χ0) is 23.1. The van der Waals surface area contributed by atoms with Crippen molar-refractivity contribution in [2.75, 3.05) is 30.4 Å². The van der Waals surface area contributed by atoms with Crippen LogP contribution in [0.25, 0.3) is 12.2 Å². The minimum Gasteiger partial charge on any atom is -0.374 e. The summed E-state index contributed by atoms with van der Waals surface area (Å²) in [5, 5.41) is 0. The van der Waals surface area contributed by atoms with Crippen LogP contribution < -0.4 is 9.80 Å². The van der Waals surface area contributed by atoms with Gasteiger partial charge in [-0.15, -0.1) is 0 Å². The van der Waals surface area contributed by atoms with Crippen molar-refractivity contribution in [3.05, 3.63) is 106 Å². The molecule has 3 nitrogen and oxygen atoms in total. The first-order valence-corrected chi connectivity index (χ1v) is 12.5. The molecule has 0 spiro atoms. The summed E-state index contributed by atoms with van der Waals surface area (Å²) >= 11 is 0. The molecule has 3 heteroatoms. The van der Waals surface area contributed by atoms with Gasteiger partial charge in [0.2, 0.25) is 0 Å². The number of rotatable bonds is 3. The Morgan fingerprint density at radius 2 is 1.74 bits per heavy atom. The summed E-state index contributed by atoms with van der Waals surface area (Å²) in [6, 6.07) is 23.0. The molecular formula is C31H33N3. The molecule has 0 fully saturated rings. The lowest BCUT2D eigenvalue weighted by atomic mass is 9.93. The normalized spacial score (nSPS) is 18.9. The molecule has 0 saturated carbocycles. The third-order valence-corrected chi connectivity index (χ3v) is 7.68. The Hall–Kier alpha value is -3.46. The van der Waals surface area contributed by atoms with E-state index in [1.54, 1.807) is 0 Å². The maximum absolute atomic E-state index is 2.44. The topological polar surface area (TPSA) is 9.72 Å². The Balaban J connectivity index is 1.22. The Morgan fingerprint density at radius 1 is 0.824 bits per heavy atom. The van der Waals surface area contributed by atoms with Crippen LogP contribution in [-0.4, -0.2) is 25.5 Å². The van der Waals surface area contributed by atoms with Crippen molar-refractivity contribution in [1.29, 1.82) is 0 Å². The van der Waals surface area contributed by atoms with Crippen molar-refractivity contribution in [1.82, 2.24) is 4.90 Å². The van der Waals surface area contributed by atoms with E-state index in [0.717, 1.165) is 19.6 Å². The summed E-state index contributed by atoms with van der Waals surface area (Å²) in [6.45, 7) is 3.05. The molecule has 34 heavy (non-hydrogen) atoms. The molecule has 0 N–H and O–H groups in total. The molecule has 3 aromatic carbocycles. The monoisotopic (exact) mass is 447 g/mol. The van der Waals surface area contributed by atoms with Gasteiger partial charge in [0.25, 0.3) is 0 Å². The maximum Gasteiger partial charge on any atom is 0.0726 e. The third-order valence-electron chi connectivity index (χ3n) is 7.68. The summed E-state index contributed by atoms with van der Waals surface area (Å²) in [7, 11) is 4.44. The van der Waals surface area contributed by atoms with Gasteiger partial charge in [0.05, 0.1) is 6.04 Å². The van der Waals surface area contributed by atoms with Crippen LogP contribution in [0.2, 0.25) is 0 Å². The van der Waals surface area contributed by atoms with Crippen LogP contribution in [0.3, 0.4) is 0 Å². The second-order valence-electron chi connectivity index (χ2n) is 9.99. The van der Waals surface area contributed by atoms with Crippen LogP contribution >= 0.6 is 0 Å². The molecule has 1 unspecified atom stereocenters. The van der Waals surface area contributed by atoms with Gasteiger partial charge in [-0.2, -0.15) is 0 Å². The van der Waals surface area contributed by atoms with Crippen molar-refractivity contribution in [3.63, 3.8) is 0 Å². The van der Waals surface area contributed by atoms with E-state index in [1.807, 2.05) is 0 Å². The largest absolute Gasteiger partial charge is 0.374 e. The molecule has 0 saturated heterocycles. The van der Waals surface area contributed by atoms with E-state index in [1.165, 1.54) is 64.0 Å². The van der Waals surface area contributed by atoms with Crippen molar-refractivity contribution in [2.24, 2.45) is 0 Å². The van der Waals surface area contributed by atoms with E-state index in [2.05, 4.69) is 114 Å². The molecule has 3 aliphatic heterocycles. The predicted molar refractivity (Wildman–Crippen MR) is 144 cm³/mol. The van der Waals surface area contributed by atoms with Crippen LogP contribution in [0.15, 0.2) is 72.9 Å². The first-order valence-electron chi connectivity index (χ1n) is 12.5. The zero-order valence-electron chi connectivity index (χ0n) is 20.2. The van der Waals surface area contributed by atoms with Gasteiger partial charge in [-0.3, -0.25) is 0 Å². The highest BCUT2D eigenvalue weighted by Crippen LogP contribution is 2.36. The van der Waals surface area contributed by atoms with E-state index in [9.17, 15) is 0 Å². The maximum atomic E-state index is 2.44. The Morgan fingerprint density at radius 3 is 2.68 bits per heavy atom. The zero-order valence-corrected chi connectivity index (χ0v) is 20.2. The Labute approximate surface area is 203 Å². The summed E-state index contributed by atoms with van der Waals surface area (Å²) in [6.07, 6.45) is 12.9. The third kappa shape index (κ3) is 3.90. The highest BCUT2D eigenvalue weighted by Gasteiger charge is 2.22. The van der Waals surface area contributed by atoms with E-state index in [-0.39, 0.29) is 6.04 Å². The smallest absolute Gasteiger partial charge is 0.0726 e. The number of hydrogen-bond acceptors (Lipinski definition) is 3. The lowest BCUT2D eigenvalue weighted by Gasteiger charge is -2.33. The second-order valence-corrected chi connectivity index (χ2v) is 9.99. The minimum absolute atomic E-state index is 0.264. The van der Waals surface area contributed by atoms with Crippen molar-refractivity contribution in [3.8, 4) is 0 Å². The van der Waals surface area contributed by atoms with Crippen molar-refractivity contribution in [2.45, 2.75) is 38.4 Å². The van der Waals surface area contributed by atoms with E-state index in [0.29, 0.717) is 0 Å². The van der Waals surface area contributed by atoms with Gasteiger partial charge >= 0.3 is 0 Å². The van der Waals surface area contributed by atoms with Crippen LogP contribution in [0, 0.1) is 0 Å². The van der Waals surface area contributed by atoms with Gasteiger partial charge in [-0.25, -0.2) is 0 Å². The summed E-state index contributed by atoms with van der Waals surface area (Å²) < 4.78 is 0. The number of nitrogens with zero attached hydrogens (tertiary/aromatic N) is 3. The molecule has 6 rings (SSSR count). The first-order chi connectivity index (χ1) is 16.7. The summed E-state index contributed by atoms with van der Waals surface area (Å²) in [5.74, 6) is 0. The van der Waals surface area contributed by atoms with Crippen LogP contribution in [-0.2, 0) is 19.5 Å². The van der Waals surface area contributed by atoms with Crippen molar-refractivity contribution >= 4 is 23.5 Å². The average molecular weight is 448 g/mol. The fraction of sp³-hybridized carbons (Fsp3) is 0.290. The molecule has 3 heterocycles. The van der Waals surface area contributed by atoms with Crippen LogP contribution in [0.1, 0.15) is 52.3 Å². The molecule has 3 aromatic rings. The first kappa shape index (κ1) is 21.1. The van der Waals surface area contributed by atoms with E-state index >= 15 is 0 Å². The van der Waals surface area contributed by atoms with E-state index in [4.69, 9.17) is 0 Å².